The van der Waals surface area contributed by atoms with E-state index in [0.717, 1.165) is 6.61 Å². The first-order valence-electron chi connectivity index (χ1n) is 5.00. The van der Waals surface area contributed by atoms with Gasteiger partial charge in [0.15, 0.2) is 0 Å². The van der Waals surface area contributed by atoms with E-state index in [0.29, 0.717) is 12.0 Å². The fraction of sp³-hybridized carbons (Fsp3) is 0.500. The van der Waals surface area contributed by atoms with Gasteiger partial charge < -0.3 is 4.74 Å². The molecule has 1 aliphatic heterocycles. The van der Waals surface area contributed by atoms with Crippen LogP contribution in [0.5, 0.6) is 0 Å². The van der Waals surface area contributed by atoms with Crippen LogP contribution in [0.1, 0.15) is 36.5 Å². The Hall–Kier alpha value is -0.340. The Morgan fingerprint density at radius 2 is 2.07 bits per heavy atom. The van der Waals surface area contributed by atoms with E-state index < -0.39 is 0 Å². The number of fused-ring (bicyclic) bond motifs is 1. The van der Waals surface area contributed by atoms with Gasteiger partial charge in [0.1, 0.15) is 0 Å². The molecule has 0 spiro atoms. The quantitative estimate of drug-likeness (QED) is 0.685. The molecule has 1 aromatic carbocycles. The van der Waals surface area contributed by atoms with E-state index >= 15 is 0 Å². The van der Waals surface area contributed by atoms with Crippen molar-refractivity contribution in [3.8, 4) is 0 Å². The lowest BCUT2D eigenvalue weighted by atomic mass is 9.89. The SMILES string of the molecule is Cc1cc(Br)c2c(c1)CO[C@H](C)[C@H]2C. The molecule has 0 fully saturated rings. The van der Waals surface area contributed by atoms with Crippen molar-refractivity contribution in [3.63, 3.8) is 0 Å². The van der Waals surface area contributed by atoms with Gasteiger partial charge >= 0.3 is 0 Å². The molecule has 76 valence electrons. The Morgan fingerprint density at radius 1 is 1.36 bits per heavy atom. The molecule has 14 heavy (non-hydrogen) atoms. The van der Waals surface area contributed by atoms with E-state index in [1.54, 1.807) is 0 Å². The number of hydrogen-bond donors (Lipinski definition) is 0. The summed E-state index contributed by atoms with van der Waals surface area (Å²) in [6, 6.07) is 4.41. The highest BCUT2D eigenvalue weighted by molar-refractivity contribution is 9.10. The van der Waals surface area contributed by atoms with Crippen molar-refractivity contribution < 1.29 is 4.74 Å². The van der Waals surface area contributed by atoms with Crippen molar-refractivity contribution >= 4 is 15.9 Å². The molecule has 0 aliphatic carbocycles. The number of hydrogen-bond acceptors (Lipinski definition) is 1. The number of rotatable bonds is 0. The van der Waals surface area contributed by atoms with Crippen LogP contribution >= 0.6 is 15.9 Å². The van der Waals surface area contributed by atoms with Crippen LogP contribution in [0.4, 0.5) is 0 Å². The summed E-state index contributed by atoms with van der Waals surface area (Å²) in [6.45, 7) is 7.23. The third-order valence-corrected chi connectivity index (χ3v) is 3.68. The standard InChI is InChI=1S/C12H15BrO/c1-7-4-10-6-14-9(3)8(2)12(10)11(13)5-7/h4-5,8-9H,6H2,1-3H3/t8-,9-/m1/s1. The van der Waals surface area contributed by atoms with Crippen LogP contribution in [0.2, 0.25) is 0 Å². The zero-order valence-electron chi connectivity index (χ0n) is 8.80. The maximum Gasteiger partial charge on any atom is 0.0724 e. The second-order valence-electron chi connectivity index (χ2n) is 4.12. The normalized spacial score (nSPS) is 26.0. The molecule has 1 aliphatic rings. The summed E-state index contributed by atoms with van der Waals surface area (Å²) in [5.74, 6) is 0.480. The van der Waals surface area contributed by atoms with Crippen LogP contribution in [0, 0.1) is 6.92 Å². The molecule has 2 atom stereocenters. The summed E-state index contributed by atoms with van der Waals surface area (Å²) in [4.78, 5) is 0. The predicted molar refractivity (Wildman–Crippen MR) is 61.5 cm³/mol. The fourth-order valence-corrected chi connectivity index (χ4v) is 3.03. The lowest BCUT2D eigenvalue weighted by Gasteiger charge is -2.30. The number of benzene rings is 1. The highest BCUT2D eigenvalue weighted by atomic mass is 79.9. The molecule has 0 bridgehead atoms. The van der Waals surface area contributed by atoms with Gasteiger partial charge in [0.25, 0.3) is 0 Å². The predicted octanol–water partition coefficient (Wildman–Crippen LogP) is 3.78. The molecule has 0 unspecified atom stereocenters. The van der Waals surface area contributed by atoms with E-state index in [1.165, 1.54) is 21.2 Å². The molecule has 1 heterocycles. The Labute approximate surface area is 93.6 Å². The molecular weight excluding hydrogens is 240 g/mol. The molecule has 2 heteroatoms. The molecular formula is C12H15BrO. The molecule has 0 aromatic heterocycles. The van der Waals surface area contributed by atoms with Crippen LogP contribution in [-0.2, 0) is 11.3 Å². The van der Waals surface area contributed by atoms with E-state index in [2.05, 4.69) is 48.8 Å². The molecule has 1 aromatic rings. The topological polar surface area (TPSA) is 9.23 Å². The second kappa shape index (κ2) is 3.67. The average Bonchev–Trinajstić information content (AvgIpc) is 2.10. The van der Waals surface area contributed by atoms with E-state index in [9.17, 15) is 0 Å². The fourth-order valence-electron chi connectivity index (χ4n) is 2.05. The van der Waals surface area contributed by atoms with Crippen molar-refractivity contribution in [2.45, 2.75) is 39.4 Å². The number of aryl methyl sites for hydroxylation is 1. The minimum Gasteiger partial charge on any atom is -0.373 e. The second-order valence-corrected chi connectivity index (χ2v) is 4.98. The lowest BCUT2D eigenvalue weighted by molar-refractivity contribution is 0.0239. The summed E-state index contributed by atoms with van der Waals surface area (Å²) < 4.78 is 6.94. The molecule has 0 N–H and O–H groups in total. The maximum absolute atomic E-state index is 5.71. The Kier molecular flexibility index (Phi) is 2.67. The van der Waals surface area contributed by atoms with E-state index in [-0.39, 0.29) is 0 Å². The van der Waals surface area contributed by atoms with E-state index in [4.69, 9.17) is 4.74 Å². The van der Waals surface area contributed by atoms with Gasteiger partial charge in [-0.15, -0.1) is 0 Å². The number of halogens is 1. The molecule has 0 amide bonds. The highest BCUT2D eigenvalue weighted by Gasteiger charge is 2.25. The van der Waals surface area contributed by atoms with Gasteiger partial charge in [-0.25, -0.2) is 0 Å². The van der Waals surface area contributed by atoms with Gasteiger partial charge in [0, 0.05) is 10.4 Å². The van der Waals surface area contributed by atoms with Crippen LogP contribution in [-0.4, -0.2) is 6.10 Å². The molecule has 2 rings (SSSR count). The number of ether oxygens (including phenoxy) is 1. The van der Waals surface area contributed by atoms with Crippen molar-refractivity contribution in [2.24, 2.45) is 0 Å². The molecule has 0 saturated heterocycles. The van der Waals surface area contributed by atoms with Crippen molar-refractivity contribution in [1.29, 1.82) is 0 Å². The van der Waals surface area contributed by atoms with Crippen LogP contribution < -0.4 is 0 Å². The van der Waals surface area contributed by atoms with Gasteiger partial charge in [-0.3, -0.25) is 0 Å². The smallest absolute Gasteiger partial charge is 0.0724 e. The average molecular weight is 255 g/mol. The largest absolute Gasteiger partial charge is 0.373 e. The van der Waals surface area contributed by atoms with Crippen LogP contribution in [0.3, 0.4) is 0 Å². The summed E-state index contributed by atoms with van der Waals surface area (Å²) in [7, 11) is 0. The van der Waals surface area contributed by atoms with Gasteiger partial charge in [-0.05, 0) is 36.6 Å². The van der Waals surface area contributed by atoms with Crippen LogP contribution in [0.25, 0.3) is 0 Å². The first-order chi connectivity index (χ1) is 6.59. The van der Waals surface area contributed by atoms with Crippen molar-refractivity contribution in [2.75, 3.05) is 0 Å². The molecule has 0 saturated carbocycles. The van der Waals surface area contributed by atoms with Gasteiger partial charge in [-0.1, -0.05) is 28.9 Å². The zero-order valence-corrected chi connectivity index (χ0v) is 10.4. The first kappa shape index (κ1) is 10.2. The van der Waals surface area contributed by atoms with Gasteiger partial charge in [0.05, 0.1) is 12.7 Å². The lowest BCUT2D eigenvalue weighted by Crippen LogP contribution is -2.23. The van der Waals surface area contributed by atoms with E-state index in [1.807, 2.05) is 0 Å². The van der Waals surface area contributed by atoms with Crippen molar-refractivity contribution in [3.05, 3.63) is 33.3 Å². The Balaban J connectivity index is 2.54. The molecule has 1 nitrogen and oxygen atoms in total. The third kappa shape index (κ3) is 1.61. The first-order valence-corrected chi connectivity index (χ1v) is 5.79. The van der Waals surface area contributed by atoms with Crippen molar-refractivity contribution in [1.82, 2.24) is 0 Å². The Bertz CT molecular complexity index is 360. The summed E-state index contributed by atoms with van der Waals surface area (Å²) in [6.07, 6.45) is 0.321. The van der Waals surface area contributed by atoms with Gasteiger partial charge in [-0.2, -0.15) is 0 Å². The molecule has 0 radical (unpaired) electrons. The monoisotopic (exact) mass is 254 g/mol. The summed E-state index contributed by atoms with van der Waals surface area (Å²) in [5.41, 5.74) is 4.05. The zero-order chi connectivity index (χ0) is 10.3. The maximum atomic E-state index is 5.71. The van der Waals surface area contributed by atoms with Gasteiger partial charge in [0.2, 0.25) is 0 Å². The Morgan fingerprint density at radius 3 is 2.79 bits per heavy atom. The summed E-state index contributed by atoms with van der Waals surface area (Å²) >= 11 is 3.65. The van der Waals surface area contributed by atoms with Crippen LogP contribution in [0.15, 0.2) is 16.6 Å². The minimum atomic E-state index is 0.321. The minimum absolute atomic E-state index is 0.321. The summed E-state index contributed by atoms with van der Waals surface area (Å²) in [5, 5.41) is 0. The highest BCUT2D eigenvalue weighted by Crippen LogP contribution is 2.36. The third-order valence-electron chi connectivity index (χ3n) is 3.02.